The number of rotatable bonds is 5. The Balaban J connectivity index is 2.48. The molecule has 0 amide bonds. The molecule has 1 rings (SSSR count). The fraction of sp³-hybridized carbons (Fsp3) is 1.00. The van der Waals surface area contributed by atoms with Crippen molar-refractivity contribution in [3.05, 3.63) is 0 Å². The summed E-state index contributed by atoms with van der Waals surface area (Å²) in [7, 11) is 0. The van der Waals surface area contributed by atoms with E-state index in [2.05, 4.69) is 45.2 Å². The van der Waals surface area contributed by atoms with Gasteiger partial charge in [0, 0.05) is 12.6 Å². The van der Waals surface area contributed by atoms with Crippen LogP contribution in [-0.4, -0.2) is 29.8 Å². The maximum atomic E-state index is 4.48. The van der Waals surface area contributed by atoms with Crippen LogP contribution in [0.5, 0.6) is 0 Å². The van der Waals surface area contributed by atoms with Gasteiger partial charge in [0.1, 0.15) is 0 Å². The Hall–Kier alpha value is 0.310. The van der Waals surface area contributed by atoms with Crippen LogP contribution in [0.3, 0.4) is 0 Å². The van der Waals surface area contributed by atoms with Gasteiger partial charge in [0.2, 0.25) is 0 Å². The lowest BCUT2D eigenvalue weighted by atomic mass is 9.95. The first-order valence-electron chi connectivity index (χ1n) is 6.41. The molecule has 90 valence electrons. The topological polar surface area (TPSA) is 3.24 Å². The number of hydrogen-bond donors (Lipinski definition) is 1. The third-order valence-electron chi connectivity index (χ3n) is 3.83. The second kappa shape index (κ2) is 6.15. The average Bonchev–Trinajstić information content (AvgIpc) is 2.61. The highest BCUT2D eigenvalue weighted by Gasteiger charge is 2.29. The van der Waals surface area contributed by atoms with Crippen LogP contribution in [-0.2, 0) is 0 Å². The van der Waals surface area contributed by atoms with Crippen molar-refractivity contribution in [3.63, 3.8) is 0 Å². The minimum absolute atomic E-state index is 0.757. The predicted octanol–water partition coefficient (Wildman–Crippen LogP) is 3.31. The Labute approximate surface area is 101 Å². The van der Waals surface area contributed by atoms with Crippen LogP contribution in [0.25, 0.3) is 0 Å². The summed E-state index contributed by atoms with van der Waals surface area (Å²) in [6, 6.07) is 0.825. The summed E-state index contributed by atoms with van der Waals surface area (Å²) in [4.78, 5) is 2.70. The molecule has 0 aromatic carbocycles. The molecule has 15 heavy (non-hydrogen) atoms. The standard InChI is InChI=1S/C13H27NS/c1-10(2)12(9-15)8-14-7-5-6-13(14)11(3)4/h10-13,15H,5-9H2,1-4H3. The van der Waals surface area contributed by atoms with Gasteiger partial charge in [-0.15, -0.1) is 0 Å². The molecule has 0 aromatic rings. The summed E-state index contributed by atoms with van der Waals surface area (Å²) in [6.07, 6.45) is 2.79. The Kier molecular flexibility index (Phi) is 5.48. The van der Waals surface area contributed by atoms with E-state index < -0.39 is 0 Å². The molecular formula is C13H27NS. The number of hydrogen-bond acceptors (Lipinski definition) is 2. The molecule has 2 atom stereocenters. The summed E-state index contributed by atoms with van der Waals surface area (Å²) >= 11 is 4.48. The van der Waals surface area contributed by atoms with E-state index in [9.17, 15) is 0 Å². The SMILES string of the molecule is CC(C)C(CS)CN1CCCC1C(C)C. The summed E-state index contributed by atoms with van der Waals surface area (Å²) < 4.78 is 0. The van der Waals surface area contributed by atoms with E-state index in [-0.39, 0.29) is 0 Å². The van der Waals surface area contributed by atoms with E-state index in [1.54, 1.807) is 0 Å². The van der Waals surface area contributed by atoms with Crippen LogP contribution in [0.4, 0.5) is 0 Å². The van der Waals surface area contributed by atoms with Gasteiger partial charge in [0.05, 0.1) is 0 Å². The van der Waals surface area contributed by atoms with E-state index in [0.717, 1.165) is 29.5 Å². The van der Waals surface area contributed by atoms with Gasteiger partial charge in [-0.1, -0.05) is 27.7 Å². The van der Waals surface area contributed by atoms with Gasteiger partial charge in [0.25, 0.3) is 0 Å². The minimum atomic E-state index is 0.757. The van der Waals surface area contributed by atoms with Crippen LogP contribution >= 0.6 is 12.6 Å². The number of thiol groups is 1. The minimum Gasteiger partial charge on any atom is -0.300 e. The Morgan fingerprint density at radius 1 is 1.27 bits per heavy atom. The highest BCUT2D eigenvalue weighted by Crippen LogP contribution is 2.26. The van der Waals surface area contributed by atoms with Gasteiger partial charge in [-0.25, -0.2) is 0 Å². The van der Waals surface area contributed by atoms with Crippen LogP contribution in [0.2, 0.25) is 0 Å². The van der Waals surface area contributed by atoms with E-state index in [1.165, 1.54) is 25.9 Å². The lowest BCUT2D eigenvalue weighted by molar-refractivity contribution is 0.167. The first-order chi connectivity index (χ1) is 7.06. The molecule has 0 aliphatic carbocycles. The van der Waals surface area contributed by atoms with Crippen molar-refractivity contribution in [2.24, 2.45) is 17.8 Å². The zero-order valence-electron chi connectivity index (χ0n) is 10.7. The number of nitrogens with zero attached hydrogens (tertiary/aromatic N) is 1. The molecule has 0 radical (unpaired) electrons. The van der Waals surface area contributed by atoms with Crippen LogP contribution in [0, 0.1) is 17.8 Å². The second-order valence-corrected chi connectivity index (χ2v) is 6.00. The largest absolute Gasteiger partial charge is 0.300 e. The van der Waals surface area contributed by atoms with E-state index in [1.807, 2.05) is 0 Å². The van der Waals surface area contributed by atoms with Crippen molar-refractivity contribution in [1.29, 1.82) is 0 Å². The van der Waals surface area contributed by atoms with Gasteiger partial charge in [0.15, 0.2) is 0 Å². The molecule has 2 heteroatoms. The lowest BCUT2D eigenvalue weighted by Crippen LogP contribution is -2.38. The third kappa shape index (κ3) is 3.67. The molecule has 1 fully saturated rings. The van der Waals surface area contributed by atoms with Crippen molar-refractivity contribution in [2.45, 2.75) is 46.6 Å². The molecule has 1 heterocycles. The van der Waals surface area contributed by atoms with Gasteiger partial charge >= 0.3 is 0 Å². The van der Waals surface area contributed by atoms with Gasteiger partial charge in [-0.2, -0.15) is 12.6 Å². The van der Waals surface area contributed by atoms with Crippen molar-refractivity contribution in [1.82, 2.24) is 4.90 Å². The van der Waals surface area contributed by atoms with Gasteiger partial charge < -0.3 is 0 Å². The molecular weight excluding hydrogens is 202 g/mol. The second-order valence-electron chi connectivity index (χ2n) is 5.64. The summed E-state index contributed by atoms with van der Waals surface area (Å²) in [5.41, 5.74) is 0. The Bertz CT molecular complexity index is 179. The van der Waals surface area contributed by atoms with E-state index in [0.29, 0.717) is 0 Å². The summed E-state index contributed by atoms with van der Waals surface area (Å²) in [5, 5.41) is 0. The average molecular weight is 229 g/mol. The summed E-state index contributed by atoms with van der Waals surface area (Å²) in [5.74, 6) is 3.35. The van der Waals surface area contributed by atoms with Crippen LogP contribution in [0.1, 0.15) is 40.5 Å². The molecule has 0 N–H and O–H groups in total. The van der Waals surface area contributed by atoms with Crippen LogP contribution < -0.4 is 0 Å². The predicted molar refractivity (Wildman–Crippen MR) is 71.6 cm³/mol. The highest BCUT2D eigenvalue weighted by molar-refractivity contribution is 7.80. The maximum Gasteiger partial charge on any atom is 0.0119 e. The number of likely N-dealkylation sites (tertiary alicyclic amines) is 1. The Morgan fingerprint density at radius 2 is 1.93 bits per heavy atom. The van der Waals surface area contributed by atoms with Gasteiger partial charge in [-0.3, -0.25) is 4.90 Å². The molecule has 1 saturated heterocycles. The van der Waals surface area contributed by atoms with Crippen molar-refractivity contribution in [3.8, 4) is 0 Å². The third-order valence-corrected chi connectivity index (χ3v) is 4.30. The monoisotopic (exact) mass is 229 g/mol. The normalized spacial score (nSPS) is 25.4. The molecule has 1 aliphatic rings. The van der Waals surface area contributed by atoms with Crippen molar-refractivity contribution < 1.29 is 0 Å². The zero-order valence-corrected chi connectivity index (χ0v) is 11.6. The fourth-order valence-corrected chi connectivity index (χ4v) is 3.15. The van der Waals surface area contributed by atoms with E-state index >= 15 is 0 Å². The molecule has 1 nitrogen and oxygen atoms in total. The Morgan fingerprint density at radius 3 is 2.40 bits per heavy atom. The molecule has 0 aromatic heterocycles. The molecule has 0 spiro atoms. The quantitative estimate of drug-likeness (QED) is 0.708. The van der Waals surface area contributed by atoms with E-state index in [4.69, 9.17) is 0 Å². The smallest absolute Gasteiger partial charge is 0.0119 e. The first-order valence-corrected chi connectivity index (χ1v) is 7.04. The summed E-state index contributed by atoms with van der Waals surface area (Å²) in [6.45, 7) is 11.9. The molecule has 1 aliphatic heterocycles. The van der Waals surface area contributed by atoms with Crippen LogP contribution in [0.15, 0.2) is 0 Å². The molecule has 0 bridgehead atoms. The van der Waals surface area contributed by atoms with Crippen molar-refractivity contribution >= 4 is 12.6 Å². The molecule has 0 saturated carbocycles. The first kappa shape index (κ1) is 13.4. The molecule has 2 unspecified atom stereocenters. The maximum absolute atomic E-state index is 4.48. The highest BCUT2D eigenvalue weighted by atomic mass is 32.1. The lowest BCUT2D eigenvalue weighted by Gasteiger charge is -2.32. The fourth-order valence-electron chi connectivity index (χ4n) is 2.61. The zero-order chi connectivity index (χ0) is 11.4. The van der Waals surface area contributed by atoms with Gasteiger partial charge in [-0.05, 0) is 42.9 Å². The van der Waals surface area contributed by atoms with Crippen molar-refractivity contribution in [2.75, 3.05) is 18.8 Å².